The molecule has 2 aliphatic heterocycles. The molecule has 0 radical (unpaired) electrons. The van der Waals surface area contributed by atoms with Gasteiger partial charge in [-0.15, -0.1) is 0 Å². The summed E-state index contributed by atoms with van der Waals surface area (Å²) in [5.41, 5.74) is 4.31. The van der Waals surface area contributed by atoms with Crippen LogP contribution in [0, 0.1) is 0 Å². The molecule has 0 unspecified atom stereocenters. The lowest BCUT2D eigenvalue weighted by molar-refractivity contribution is -0.158. The van der Waals surface area contributed by atoms with Gasteiger partial charge in [-0.2, -0.15) is 0 Å². The number of benzene rings is 2. The first-order valence-corrected chi connectivity index (χ1v) is 11.4. The molecular weight excluding hydrogens is 386 g/mol. The van der Waals surface area contributed by atoms with Crippen molar-refractivity contribution in [3.8, 4) is 0 Å². The van der Waals surface area contributed by atoms with Crippen molar-refractivity contribution < 1.29 is 9.59 Å². The molecule has 0 spiro atoms. The SMILES string of the molecule is CCCCCCN1CC(=O)N2[C@H](c3ccccc3)c3[nH]c4ccccc4c3C[C@H]2C1=O. The summed E-state index contributed by atoms with van der Waals surface area (Å²) in [5, 5.41) is 1.15. The molecule has 2 amide bonds. The van der Waals surface area contributed by atoms with Crippen LogP contribution in [0.2, 0.25) is 0 Å². The Kier molecular flexibility index (Phi) is 5.26. The third-order valence-electron chi connectivity index (χ3n) is 6.74. The molecular formula is C26H29N3O2. The van der Waals surface area contributed by atoms with Crippen LogP contribution in [0.3, 0.4) is 0 Å². The first-order valence-electron chi connectivity index (χ1n) is 11.4. The summed E-state index contributed by atoms with van der Waals surface area (Å²) < 4.78 is 0. The third kappa shape index (κ3) is 3.42. The van der Waals surface area contributed by atoms with E-state index in [1.807, 2.05) is 35.2 Å². The highest BCUT2D eigenvalue weighted by molar-refractivity contribution is 5.97. The largest absolute Gasteiger partial charge is 0.356 e. The van der Waals surface area contributed by atoms with Crippen LogP contribution in [-0.4, -0.2) is 45.7 Å². The molecule has 2 aliphatic rings. The summed E-state index contributed by atoms with van der Waals surface area (Å²) in [7, 11) is 0. The number of aromatic nitrogens is 1. The minimum Gasteiger partial charge on any atom is -0.356 e. The number of carbonyl (C=O) groups is 2. The molecule has 1 saturated heterocycles. The Morgan fingerprint density at radius 3 is 2.55 bits per heavy atom. The van der Waals surface area contributed by atoms with Crippen molar-refractivity contribution in [2.24, 2.45) is 0 Å². The molecule has 0 bridgehead atoms. The maximum absolute atomic E-state index is 13.5. The van der Waals surface area contributed by atoms with Gasteiger partial charge in [-0.3, -0.25) is 9.59 Å². The van der Waals surface area contributed by atoms with Crippen LogP contribution in [0.1, 0.15) is 55.5 Å². The summed E-state index contributed by atoms with van der Waals surface area (Å²) >= 11 is 0. The Labute approximate surface area is 183 Å². The zero-order chi connectivity index (χ0) is 21.4. The molecule has 160 valence electrons. The van der Waals surface area contributed by atoms with Crippen molar-refractivity contribution in [3.05, 3.63) is 71.4 Å². The highest BCUT2D eigenvalue weighted by Crippen LogP contribution is 2.42. The van der Waals surface area contributed by atoms with Crippen molar-refractivity contribution in [1.29, 1.82) is 0 Å². The second-order valence-electron chi connectivity index (χ2n) is 8.72. The molecule has 1 fully saturated rings. The number of carbonyl (C=O) groups excluding carboxylic acids is 2. The first-order chi connectivity index (χ1) is 15.2. The highest BCUT2D eigenvalue weighted by Gasteiger charge is 2.47. The van der Waals surface area contributed by atoms with Crippen LogP contribution in [0.5, 0.6) is 0 Å². The lowest BCUT2D eigenvalue weighted by atomic mass is 9.86. The van der Waals surface area contributed by atoms with Gasteiger partial charge in [0.05, 0.1) is 12.6 Å². The fourth-order valence-electron chi connectivity index (χ4n) is 5.22. The fourth-order valence-corrected chi connectivity index (χ4v) is 5.22. The monoisotopic (exact) mass is 415 g/mol. The van der Waals surface area contributed by atoms with E-state index in [1.165, 1.54) is 12.0 Å². The number of rotatable bonds is 6. The smallest absolute Gasteiger partial charge is 0.246 e. The second-order valence-corrected chi connectivity index (χ2v) is 8.72. The lowest BCUT2D eigenvalue weighted by Crippen LogP contribution is -2.63. The van der Waals surface area contributed by atoms with E-state index in [1.54, 1.807) is 4.90 Å². The number of para-hydroxylation sites is 1. The average Bonchev–Trinajstić information content (AvgIpc) is 3.17. The standard InChI is InChI=1S/C26H29N3O2/c1-2-3-4-10-15-28-17-23(30)29-22(26(28)31)16-20-19-13-8-9-14-21(19)27-24(20)25(29)18-11-6-5-7-12-18/h5-9,11-14,22,25,27H,2-4,10,15-17H2,1H3/t22-,25+/m0/s1. The Morgan fingerprint density at radius 1 is 0.968 bits per heavy atom. The summed E-state index contributed by atoms with van der Waals surface area (Å²) in [6.45, 7) is 3.03. The molecule has 2 aromatic carbocycles. The number of nitrogens with zero attached hydrogens (tertiary/aromatic N) is 2. The molecule has 5 nitrogen and oxygen atoms in total. The van der Waals surface area contributed by atoms with Gasteiger partial charge in [-0.1, -0.05) is 74.7 Å². The number of hydrogen-bond donors (Lipinski definition) is 1. The van der Waals surface area contributed by atoms with Gasteiger partial charge in [0, 0.05) is 29.6 Å². The van der Waals surface area contributed by atoms with E-state index in [9.17, 15) is 9.59 Å². The predicted octanol–water partition coefficient (Wildman–Crippen LogP) is 4.43. The number of amides is 2. The van der Waals surface area contributed by atoms with Crippen LogP contribution in [0.4, 0.5) is 0 Å². The zero-order valence-corrected chi connectivity index (χ0v) is 18.0. The molecule has 3 aromatic rings. The van der Waals surface area contributed by atoms with Crippen LogP contribution >= 0.6 is 0 Å². The Bertz CT molecular complexity index is 1100. The summed E-state index contributed by atoms with van der Waals surface area (Å²) in [5.74, 6) is 0.131. The van der Waals surface area contributed by atoms with Crippen molar-refractivity contribution in [2.75, 3.05) is 13.1 Å². The molecule has 5 rings (SSSR count). The number of piperazine rings is 1. The average molecular weight is 416 g/mol. The van der Waals surface area contributed by atoms with Gasteiger partial charge in [-0.05, 0) is 23.6 Å². The minimum absolute atomic E-state index is 0.0400. The van der Waals surface area contributed by atoms with Gasteiger partial charge < -0.3 is 14.8 Å². The number of hydrogen-bond acceptors (Lipinski definition) is 2. The number of H-pyrrole nitrogens is 1. The lowest BCUT2D eigenvalue weighted by Gasteiger charge is -2.47. The molecule has 2 atom stereocenters. The molecule has 0 aliphatic carbocycles. The predicted molar refractivity (Wildman–Crippen MR) is 122 cm³/mol. The number of aromatic amines is 1. The maximum atomic E-state index is 13.5. The van der Waals surface area contributed by atoms with Crippen molar-refractivity contribution in [2.45, 2.75) is 51.1 Å². The van der Waals surface area contributed by atoms with E-state index in [0.29, 0.717) is 13.0 Å². The Balaban J connectivity index is 1.55. The van der Waals surface area contributed by atoms with Gasteiger partial charge in [0.15, 0.2) is 0 Å². The van der Waals surface area contributed by atoms with Crippen LogP contribution in [-0.2, 0) is 16.0 Å². The number of unbranched alkanes of at least 4 members (excludes halogenated alkanes) is 3. The molecule has 5 heteroatoms. The maximum Gasteiger partial charge on any atom is 0.246 e. The van der Waals surface area contributed by atoms with E-state index in [-0.39, 0.29) is 24.4 Å². The van der Waals surface area contributed by atoms with Crippen molar-refractivity contribution >= 4 is 22.7 Å². The molecule has 1 N–H and O–H groups in total. The Hall–Kier alpha value is -3.08. The van der Waals surface area contributed by atoms with Gasteiger partial charge in [-0.25, -0.2) is 0 Å². The summed E-state index contributed by atoms with van der Waals surface area (Å²) in [4.78, 5) is 34.1. The van der Waals surface area contributed by atoms with Gasteiger partial charge in [0.25, 0.3) is 0 Å². The minimum atomic E-state index is -0.440. The zero-order valence-electron chi connectivity index (χ0n) is 18.0. The summed E-state index contributed by atoms with van der Waals surface area (Å²) in [6.07, 6.45) is 4.95. The molecule has 0 saturated carbocycles. The fraction of sp³-hybridized carbons (Fsp3) is 0.385. The normalized spacial score (nSPS) is 20.8. The molecule has 31 heavy (non-hydrogen) atoms. The quantitative estimate of drug-likeness (QED) is 0.606. The van der Waals surface area contributed by atoms with Gasteiger partial charge >= 0.3 is 0 Å². The number of nitrogens with one attached hydrogen (secondary N) is 1. The van der Waals surface area contributed by atoms with E-state index < -0.39 is 6.04 Å². The van der Waals surface area contributed by atoms with E-state index >= 15 is 0 Å². The van der Waals surface area contributed by atoms with Crippen molar-refractivity contribution in [1.82, 2.24) is 14.8 Å². The van der Waals surface area contributed by atoms with E-state index in [0.717, 1.165) is 41.4 Å². The summed E-state index contributed by atoms with van der Waals surface area (Å²) in [6, 6.07) is 17.6. The molecule has 3 heterocycles. The highest BCUT2D eigenvalue weighted by atomic mass is 16.2. The van der Waals surface area contributed by atoms with Crippen LogP contribution in [0.25, 0.3) is 10.9 Å². The van der Waals surface area contributed by atoms with Crippen molar-refractivity contribution in [3.63, 3.8) is 0 Å². The topological polar surface area (TPSA) is 56.4 Å². The third-order valence-corrected chi connectivity index (χ3v) is 6.74. The van der Waals surface area contributed by atoms with E-state index in [2.05, 4.69) is 36.2 Å². The first kappa shape index (κ1) is 19.9. The number of fused-ring (bicyclic) bond motifs is 4. The van der Waals surface area contributed by atoms with E-state index in [4.69, 9.17) is 0 Å². The van der Waals surface area contributed by atoms with Crippen LogP contribution in [0.15, 0.2) is 54.6 Å². The van der Waals surface area contributed by atoms with Gasteiger partial charge in [0.1, 0.15) is 6.04 Å². The van der Waals surface area contributed by atoms with Gasteiger partial charge in [0.2, 0.25) is 11.8 Å². The second kappa shape index (κ2) is 8.22. The Morgan fingerprint density at radius 2 is 1.74 bits per heavy atom. The molecule has 1 aromatic heterocycles. The van der Waals surface area contributed by atoms with Crippen LogP contribution < -0.4 is 0 Å².